The highest BCUT2D eigenvalue weighted by Crippen LogP contribution is 2.37. The van der Waals surface area contributed by atoms with Gasteiger partial charge in [0.25, 0.3) is 0 Å². The van der Waals surface area contributed by atoms with Crippen molar-refractivity contribution < 1.29 is 4.39 Å². The summed E-state index contributed by atoms with van der Waals surface area (Å²) in [5.74, 6) is -0.271. The SMILES string of the molecule is CC1=CC(C)(C)N(C)c2ccc(C=Nc3cccc(F)c3)cc21. The van der Waals surface area contributed by atoms with Gasteiger partial charge in [0.05, 0.1) is 11.2 Å². The van der Waals surface area contributed by atoms with Gasteiger partial charge in [-0.2, -0.15) is 0 Å². The number of hydrogen-bond acceptors (Lipinski definition) is 2. The van der Waals surface area contributed by atoms with Crippen LogP contribution in [-0.4, -0.2) is 18.8 Å². The van der Waals surface area contributed by atoms with E-state index in [1.165, 1.54) is 29.0 Å². The number of rotatable bonds is 2. The van der Waals surface area contributed by atoms with Gasteiger partial charge in [0.2, 0.25) is 0 Å². The first-order chi connectivity index (χ1) is 10.9. The van der Waals surface area contributed by atoms with Gasteiger partial charge in [0, 0.05) is 24.5 Å². The van der Waals surface area contributed by atoms with Gasteiger partial charge in [-0.3, -0.25) is 4.99 Å². The van der Waals surface area contributed by atoms with Crippen LogP contribution in [0.15, 0.2) is 53.5 Å². The van der Waals surface area contributed by atoms with Gasteiger partial charge in [0.1, 0.15) is 5.82 Å². The summed E-state index contributed by atoms with van der Waals surface area (Å²) in [5.41, 5.74) is 5.34. The number of anilines is 1. The molecule has 0 saturated heterocycles. The third-order valence-corrected chi connectivity index (χ3v) is 4.41. The highest BCUT2D eigenvalue weighted by atomic mass is 19.1. The first kappa shape index (κ1) is 15.5. The molecule has 0 atom stereocenters. The largest absolute Gasteiger partial charge is 0.366 e. The van der Waals surface area contributed by atoms with E-state index in [4.69, 9.17) is 0 Å². The normalized spacial score (nSPS) is 16.4. The molecule has 0 spiro atoms. The summed E-state index contributed by atoms with van der Waals surface area (Å²) in [6.45, 7) is 6.55. The van der Waals surface area contributed by atoms with Crippen LogP contribution in [0.25, 0.3) is 5.57 Å². The number of fused-ring (bicyclic) bond motifs is 1. The molecule has 0 aromatic heterocycles. The van der Waals surface area contributed by atoms with E-state index >= 15 is 0 Å². The molecular formula is C20H21FN2. The summed E-state index contributed by atoms with van der Waals surface area (Å²) in [6.07, 6.45) is 4.06. The average Bonchev–Trinajstić information content (AvgIpc) is 2.50. The number of hydrogen-bond donors (Lipinski definition) is 0. The van der Waals surface area contributed by atoms with Crippen LogP contribution in [-0.2, 0) is 0 Å². The summed E-state index contributed by atoms with van der Waals surface area (Å²) in [6, 6.07) is 12.6. The average molecular weight is 308 g/mol. The molecule has 1 aliphatic rings. The van der Waals surface area contributed by atoms with Gasteiger partial charge in [-0.05, 0) is 62.2 Å². The minimum Gasteiger partial charge on any atom is -0.366 e. The van der Waals surface area contributed by atoms with Crippen molar-refractivity contribution in [2.45, 2.75) is 26.3 Å². The van der Waals surface area contributed by atoms with Crippen molar-refractivity contribution in [1.29, 1.82) is 0 Å². The molecule has 0 unspecified atom stereocenters. The molecule has 23 heavy (non-hydrogen) atoms. The number of allylic oxidation sites excluding steroid dienone is 1. The lowest BCUT2D eigenvalue weighted by Crippen LogP contribution is -2.42. The molecule has 2 aromatic rings. The summed E-state index contributed by atoms with van der Waals surface area (Å²) in [7, 11) is 2.11. The highest BCUT2D eigenvalue weighted by molar-refractivity contribution is 5.88. The molecule has 3 rings (SSSR count). The smallest absolute Gasteiger partial charge is 0.125 e. The zero-order valence-electron chi connectivity index (χ0n) is 14.0. The second-order valence-corrected chi connectivity index (χ2v) is 6.55. The van der Waals surface area contributed by atoms with E-state index in [9.17, 15) is 4.39 Å². The molecule has 2 nitrogen and oxygen atoms in total. The third kappa shape index (κ3) is 3.04. The second-order valence-electron chi connectivity index (χ2n) is 6.55. The zero-order valence-corrected chi connectivity index (χ0v) is 14.0. The number of aliphatic imine (C=N–C) groups is 1. The molecule has 0 amide bonds. The molecule has 1 heterocycles. The Bertz CT molecular complexity index is 803. The molecule has 0 fully saturated rings. The highest BCUT2D eigenvalue weighted by Gasteiger charge is 2.28. The molecule has 0 saturated carbocycles. The summed E-state index contributed by atoms with van der Waals surface area (Å²) in [4.78, 5) is 6.64. The summed E-state index contributed by atoms with van der Waals surface area (Å²) in [5, 5.41) is 0. The van der Waals surface area contributed by atoms with Crippen LogP contribution >= 0.6 is 0 Å². The van der Waals surface area contributed by atoms with Crippen molar-refractivity contribution in [2.75, 3.05) is 11.9 Å². The van der Waals surface area contributed by atoms with Crippen molar-refractivity contribution in [3.8, 4) is 0 Å². The maximum atomic E-state index is 13.2. The van der Waals surface area contributed by atoms with Gasteiger partial charge >= 0.3 is 0 Å². The van der Waals surface area contributed by atoms with E-state index in [0.29, 0.717) is 5.69 Å². The van der Waals surface area contributed by atoms with Crippen molar-refractivity contribution >= 4 is 23.2 Å². The van der Waals surface area contributed by atoms with E-state index in [2.05, 4.69) is 55.9 Å². The molecule has 3 heteroatoms. The number of nitrogens with zero attached hydrogens (tertiary/aromatic N) is 2. The summed E-state index contributed by atoms with van der Waals surface area (Å²) < 4.78 is 13.2. The topological polar surface area (TPSA) is 15.6 Å². The van der Waals surface area contributed by atoms with E-state index < -0.39 is 0 Å². The fourth-order valence-corrected chi connectivity index (χ4v) is 2.96. The van der Waals surface area contributed by atoms with E-state index in [0.717, 1.165) is 5.56 Å². The van der Waals surface area contributed by atoms with Crippen LogP contribution < -0.4 is 4.90 Å². The van der Waals surface area contributed by atoms with Crippen LogP contribution in [0.3, 0.4) is 0 Å². The number of benzene rings is 2. The van der Waals surface area contributed by atoms with Gasteiger partial charge in [-0.25, -0.2) is 4.39 Å². The first-order valence-electron chi connectivity index (χ1n) is 7.74. The van der Waals surface area contributed by atoms with Crippen molar-refractivity contribution in [3.05, 3.63) is 65.5 Å². The fraction of sp³-hybridized carbons (Fsp3) is 0.250. The van der Waals surface area contributed by atoms with Gasteiger partial charge in [-0.1, -0.05) is 18.2 Å². The minimum atomic E-state index is -0.271. The Hall–Kier alpha value is -2.42. The van der Waals surface area contributed by atoms with Crippen LogP contribution in [0.4, 0.5) is 15.8 Å². The molecule has 1 aliphatic heterocycles. The van der Waals surface area contributed by atoms with Crippen molar-refractivity contribution in [1.82, 2.24) is 0 Å². The standard InChI is InChI=1S/C20H21FN2/c1-14-12-20(2,3)23(4)19-9-8-15(10-18(14)19)13-22-17-7-5-6-16(21)11-17/h5-13H,1-4H3. The van der Waals surface area contributed by atoms with Crippen LogP contribution in [0.5, 0.6) is 0 Å². The predicted molar refractivity (Wildman–Crippen MR) is 96.2 cm³/mol. The Balaban J connectivity index is 1.94. The van der Waals surface area contributed by atoms with E-state index in [1.54, 1.807) is 18.3 Å². The fourth-order valence-electron chi connectivity index (χ4n) is 2.96. The van der Waals surface area contributed by atoms with Crippen LogP contribution in [0, 0.1) is 5.82 Å². The molecular weight excluding hydrogens is 287 g/mol. The van der Waals surface area contributed by atoms with Crippen molar-refractivity contribution in [3.63, 3.8) is 0 Å². The Morgan fingerprint density at radius 1 is 1.13 bits per heavy atom. The molecule has 2 aromatic carbocycles. The Kier molecular flexibility index (Phi) is 3.80. The van der Waals surface area contributed by atoms with Gasteiger partial charge in [0.15, 0.2) is 0 Å². The molecule has 0 bridgehead atoms. The number of halogens is 1. The Morgan fingerprint density at radius 3 is 2.65 bits per heavy atom. The van der Waals surface area contributed by atoms with Crippen LogP contribution in [0.1, 0.15) is 31.9 Å². The molecule has 0 aliphatic carbocycles. The maximum Gasteiger partial charge on any atom is 0.125 e. The lowest BCUT2D eigenvalue weighted by atomic mass is 9.89. The van der Waals surface area contributed by atoms with Crippen LogP contribution in [0.2, 0.25) is 0 Å². The van der Waals surface area contributed by atoms with E-state index in [-0.39, 0.29) is 11.4 Å². The third-order valence-electron chi connectivity index (χ3n) is 4.41. The first-order valence-corrected chi connectivity index (χ1v) is 7.74. The van der Waals surface area contributed by atoms with Gasteiger partial charge < -0.3 is 4.90 Å². The summed E-state index contributed by atoms with van der Waals surface area (Å²) >= 11 is 0. The molecule has 118 valence electrons. The Morgan fingerprint density at radius 2 is 1.91 bits per heavy atom. The van der Waals surface area contributed by atoms with Gasteiger partial charge in [-0.15, -0.1) is 0 Å². The minimum absolute atomic E-state index is 0.00819. The molecule has 0 N–H and O–H groups in total. The second kappa shape index (κ2) is 5.65. The zero-order chi connectivity index (χ0) is 16.6. The Labute approximate surface area is 137 Å². The maximum absolute atomic E-state index is 13.2. The molecule has 0 radical (unpaired) electrons. The van der Waals surface area contributed by atoms with Crippen molar-refractivity contribution in [2.24, 2.45) is 4.99 Å². The monoisotopic (exact) mass is 308 g/mol. The van der Waals surface area contributed by atoms with E-state index in [1.807, 2.05) is 6.07 Å². The quantitative estimate of drug-likeness (QED) is 0.696. The lowest BCUT2D eigenvalue weighted by Gasteiger charge is -2.40. The number of likely N-dealkylation sites (N-methyl/N-ethyl adjacent to an activating group) is 1. The predicted octanol–water partition coefficient (Wildman–Crippen LogP) is 5.21. The lowest BCUT2D eigenvalue weighted by molar-refractivity contribution is 0.598.